The van der Waals surface area contributed by atoms with Crippen molar-refractivity contribution >= 4 is 185 Å². The van der Waals surface area contributed by atoms with Crippen molar-refractivity contribution in [2.45, 2.75) is 20.4 Å². The summed E-state index contributed by atoms with van der Waals surface area (Å²) < 4.78 is 1.08. The summed E-state index contributed by atoms with van der Waals surface area (Å²) in [7, 11) is 1.27. The molecule has 47 heavy (non-hydrogen) atoms. The molecule has 0 unspecified atom stereocenters. The fourth-order valence-corrected chi connectivity index (χ4v) is 5.18. The van der Waals surface area contributed by atoms with Crippen LogP contribution in [-0.4, -0.2) is 43.1 Å². The number of fused-ring (bicyclic) bond motifs is 2. The summed E-state index contributed by atoms with van der Waals surface area (Å²) in [5, 5.41) is 18.4. The van der Waals surface area contributed by atoms with Crippen molar-refractivity contribution in [2.75, 3.05) is 18.6 Å². The van der Waals surface area contributed by atoms with Crippen LogP contribution in [0.2, 0.25) is 30.1 Å². The van der Waals surface area contributed by atoms with E-state index in [1.54, 1.807) is 36.4 Å². The Morgan fingerprint density at radius 1 is 0.723 bits per heavy atom. The van der Waals surface area contributed by atoms with E-state index in [0.29, 0.717) is 70.6 Å². The normalized spacial score (nSPS) is 12.9. The van der Waals surface area contributed by atoms with Gasteiger partial charge in [-0.15, -0.1) is 0 Å². The van der Waals surface area contributed by atoms with Gasteiger partial charge in [-0.1, -0.05) is 139 Å². The topological polar surface area (TPSA) is 147 Å². The number of hydrogen-bond donors (Lipinski definition) is 4. The number of ether oxygens (including phenoxy) is 1. The minimum atomic E-state index is -1.71. The molecule has 20 heteroatoms. The molecular weight excluding hydrogens is 868 g/mol. The molecule has 0 saturated heterocycles. The molecule has 2 heterocycles. The van der Waals surface area contributed by atoms with E-state index in [4.69, 9.17) is 161 Å². The summed E-state index contributed by atoms with van der Waals surface area (Å²) in [5.74, 6) is -1.41. The van der Waals surface area contributed by atoms with Crippen molar-refractivity contribution in [3.8, 4) is 0 Å². The quantitative estimate of drug-likeness (QED) is 0.0831. The van der Waals surface area contributed by atoms with Gasteiger partial charge in [-0.3, -0.25) is 10.4 Å². The molecule has 3 aromatic rings. The summed E-state index contributed by atoms with van der Waals surface area (Å²) in [6.07, 6.45) is 0.662. The fourth-order valence-electron chi connectivity index (χ4n) is 3.41. The molecule has 2 aliphatic rings. The first-order valence-corrected chi connectivity index (χ1v) is 16.7. The zero-order chi connectivity index (χ0) is 36.0. The van der Waals surface area contributed by atoms with Crippen LogP contribution in [0.1, 0.15) is 11.1 Å². The summed E-state index contributed by atoms with van der Waals surface area (Å²) in [4.78, 5) is 18.8. The molecule has 8 nitrogen and oxygen atoms in total. The SMILES string of the molecule is COC(=N)C(Cl)(Cl)Cl.Clc1ccc(Cl)c2c1CC(C(Cl)(Cl)Cl)=N2.Nc1c(Cl)ccc(Cl)c1N.O=C(O)C1=Nc2c(Cl)ccc(Cl)c2C1. The van der Waals surface area contributed by atoms with Crippen molar-refractivity contribution in [3.05, 3.63) is 77.7 Å². The van der Waals surface area contributed by atoms with Gasteiger partial charge in [0.15, 0.2) is 0 Å². The van der Waals surface area contributed by atoms with E-state index >= 15 is 0 Å². The molecule has 3 aromatic carbocycles. The predicted molar refractivity (Wildman–Crippen MR) is 203 cm³/mol. The van der Waals surface area contributed by atoms with Gasteiger partial charge >= 0.3 is 5.97 Å². The monoisotopic (exact) mass is 881 g/mol. The lowest BCUT2D eigenvalue weighted by Crippen LogP contribution is -2.18. The highest BCUT2D eigenvalue weighted by molar-refractivity contribution is 6.77. The van der Waals surface area contributed by atoms with Crippen LogP contribution in [0.15, 0.2) is 46.4 Å². The number of nitrogens with one attached hydrogen (secondary N) is 1. The third kappa shape index (κ3) is 11.8. The molecule has 0 bridgehead atoms. The van der Waals surface area contributed by atoms with Crippen LogP contribution in [0.4, 0.5) is 22.7 Å². The van der Waals surface area contributed by atoms with Gasteiger partial charge < -0.3 is 21.3 Å². The third-order valence-electron chi connectivity index (χ3n) is 5.75. The molecule has 0 aromatic heterocycles. The lowest BCUT2D eigenvalue weighted by Gasteiger charge is -2.09. The molecule has 6 N–H and O–H groups in total. The highest BCUT2D eigenvalue weighted by Crippen LogP contribution is 2.43. The average Bonchev–Trinajstić information content (AvgIpc) is 3.66. The Labute approximate surface area is 329 Å². The zero-order valence-corrected chi connectivity index (χ0v) is 32.3. The molecule has 0 spiro atoms. The molecule has 0 aliphatic carbocycles. The van der Waals surface area contributed by atoms with Crippen molar-refractivity contribution in [3.63, 3.8) is 0 Å². The van der Waals surface area contributed by atoms with E-state index in [1.165, 1.54) is 7.11 Å². The van der Waals surface area contributed by atoms with Crippen molar-refractivity contribution in [1.82, 2.24) is 0 Å². The Balaban J connectivity index is 0.000000225. The van der Waals surface area contributed by atoms with Crippen LogP contribution >= 0.6 is 139 Å². The van der Waals surface area contributed by atoms with Gasteiger partial charge in [0.05, 0.1) is 55.7 Å². The number of benzene rings is 3. The second-order valence-electron chi connectivity index (χ2n) is 8.87. The maximum Gasteiger partial charge on any atom is 0.350 e. The Morgan fingerprint density at radius 2 is 1.11 bits per heavy atom. The smallest absolute Gasteiger partial charge is 0.350 e. The Hall–Kier alpha value is -0.980. The number of methoxy groups -OCH3 is 1. The number of carboxylic acids is 1. The molecule has 254 valence electrons. The number of nitrogens with zero attached hydrogens (tertiary/aromatic N) is 2. The lowest BCUT2D eigenvalue weighted by molar-refractivity contribution is -0.129. The Morgan fingerprint density at radius 3 is 1.43 bits per heavy atom. The van der Waals surface area contributed by atoms with Gasteiger partial charge in [0.2, 0.25) is 9.69 Å². The number of hydrogen-bond acceptors (Lipinski definition) is 7. The molecule has 0 amide bonds. The predicted octanol–water partition coefficient (Wildman–Crippen LogP) is 11.8. The molecule has 0 fully saturated rings. The molecule has 0 radical (unpaired) electrons. The number of nitrogens with two attached hydrogens (primary N) is 2. The van der Waals surface area contributed by atoms with E-state index in [9.17, 15) is 4.79 Å². The maximum absolute atomic E-state index is 10.7. The van der Waals surface area contributed by atoms with Gasteiger partial charge in [-0.2, -0.15) is 0 Å². The highest BCUT2D eigenvalue weighted by atomic mass is 35.6. The largest absolute Gasteiger partial charge is 0.481 e. The number of aliphatic carboxylic acids is 1. The molecular formula is C27H19Cl12N5O3. The summed E-state index contributed by atoms with van der Waals surface area (Å²) in [6, 6.07) is 9.85. The molecule has 0 atom stereocenters. The summed E-state index contributed by atoms with van der Waals surface area (Å²) in [5.41, 5.74) is 14.7. The van der Waals surface area contributed by atoms with Crippen molar-refractivity contribution < 1.29 is 14.6 Å². The second kappa shape index (κ2) is 17.8. The van der Waals surface area contributed by atoms with Gasteiger partial charge in [0.1, 0.15) is 5.71 Å². The van der Waals surface area contributed by atoms with Crippen LogP contribution in [0, 0.1) is 5.41 Å². The van der Waals surface area contributed by atoms with Crippen molar-refractivity contribution in [1.29, 1.82) is 5.41 Å². The Kier molecular flexibility index (Phi) is 16.0. The van der Waals surface area contributed by atoms with E-state index in [1.807, 2.05) is 0 Å². The summed E-state index contributed by atoms with van der Waals surface area (Å²) >= 11 is 67.7. The standard InChI is InChI=1S/C9H4Cl5N.C9H5Cl2NO2.C6H6Cl2N2.C3H4Cl3NO/c10-5-1-2-6(11)8-4(5)3-7(15-8)9(12,13)14;10-5-1-2-6(11)8-4(5)3-7(12-8)9(13)14;7-3-1-2-4(8)6(10)5(3)9;1-8-2(7)3(4,5)6/h1-2H,3H2;1-2H,3H2,(H,13,14);1-2H,9-10H2;7H,1H3. The Bertz CT molecular complexity index is 1710. The first-order valence-electron chi connectivity index (χ1n) is 12.2. The van der Waals surface area contributed by atoms with Crippen LogP contribution in [0.25, 0.3) is 0 Å². The first-order chi connectivity index (χ1) is 21.6. The number of anilines is 2. The van der Waals surface area contributed by atoms with E-state index in [-0.39, 0.29) is 18.0 Å². The van der Waals surface area contributed by atoms with Crippen LogP contribution in [-0.2, 0) is 22.4 Å². The third-order valence-corrected chi connectivity index (χ3v) is 8.90. The van der Waals surface area contributed by atoms with E-state index in [2.05, 4.69) is 14.7 Å². The summed E-state index contributed by atoms with van der Waals surface area (Å²) in [6.45, 7) is 0. The second-order valence-corrected chi connectivity index (χ2v) is 15.9. The van der Waals surface area contributed by atoms with Crippen LogP contribution in [0.3, 0.4) is 0 Å². The molecule has 0 saturated carbocycles. The minimum absolute atomic E-state index is 0.0787. The van der Waals surface area contributed by atoms with Crippen LogP contribution < -0.4 is 11.5 Å². The van der Waals surface area contributed by atoms with E-state index in [0.717, 1.165) is 5.56 Å². The number of halogens is 12. The first kappa shape index (κ1) is 42.2. The zero-order valence-electron chi connectivity index (χ0n) is 23.2. The van der Waals surface area contributed by atoms with Crippen molar-refractivity contribution in [2.24, 2.45) is 9.98 Å². The number of carbonyl (C=O) groups is 1. The fraction of sp³-hybridized carbons (Fsp3) is 0.185. The maximum atomic E-state index is 10.7. The average molecular weight is 887 g/mol. The minimum Gasteiger partial charge on any atom is -0.481 e. The van der Waals surface area contributed by atoms with Gasteiger partial charge in [-0.05, 0) is 36.4 Å². The lowest BCUT2D eigenvalue weighted by atomic mass is 10.1. The van der Waals surface area contributed by atoms with Gasteiger partial charge in [0.25, 0.3) is 3.79 Å². The molecule has 5 rings (SSSR count). The van der Waals surface area contributed by atoms with E-state index < -0.39 is 13.6 Å². The number of aliphatic imine (C=N–C) groups is 2. The molecule has 2 aliphatic heterocycles. The highest BCUT2D eigenvalue weighted by Gasteiger charge is 2.33. The van der Waals surface area contributed by atoms with Gasteiger partial charge in [0, 0.05) is 34.0 Å². The van der Waals surface area contributed by atoms with Crippen LogP contribution in [0.5, 0.6) is 0 Å². The number of carboxylic acid groups (broad SMARTS) is 1. The number of rotatable bonds is 1. The number of alkyl halides is 6. The number of nitrogen functional groups attached to an aromatic ring is 2. The van der Waals surface area contributed by atoms with Gasteiger partial charge in [-0.25, -0.2) is 9.79 Å².